The molecule has 1 aliphatic rings. The van der Waals surface area contributed by atoms with Crippen molar-refractivity contribution in [2.75, 3.05) is 17.1 Å². The molecule has 0 bridgehead atoms. The zero-order chi connectivity index (χ0) is 11.8. The lowest BCUT2D eigenvalue weighted by atomic mass is 10.3. The van der Waals surface area contributed by atoms with Crippen LogP contribution >= 0.6 is 0 Å². The third kappa shape index (κ3) is 2.47. The van der Waals surface area contributed by atoms with E-state index in [9.17, 15) is 8.42 Å². The maximum Gasteiger partial charge on any atom is 0.235 e. The predicted molar refractivity (Wildman–Crippen MR) is 63.0 cm³/mol. The molecule has 1 saturated carbocycles. The second-order valence-electron chi connectivity index (χ2n) is 4.21. The van der Waals surface area contributed by atoms with E-state index in [1.807, 2.05) is 0 Å². The number of hydrogen-bond donors (Lipinski definition) is 1. The number of phenols is 1. The van der Waals surface area contributed by atoms with E-state index < -0.39 is 10.0 Å². The lowest BCUT2D eigenvalue weighted by Gasteiger charge is -2.19. The SMILES string of the molecule is CN(c1ccc(O)cc1)S(=O)(=O)CC1CC1. The molecule has 1 N–H and O–H groups in total. The van der Waals surface area contributed by atoms with Gasteiger partial charge >= 0.3 is 0 Å². The molecular formula is C11H15NO3S. The third-order valence-corrected chi connectivity index (χ3v) is 4.71. The summed E-state index contributed by atoms with van der Waals surface area (Å²) >= 11 is 0. The summed E-state index contributed by atoms with van der Waals surface area (Å²) < 4.78 is 25.1. The van der Waals surface area contributed by atoms with Gasteiger partial charge in [-0.1, -0.05) is 0 Å². The van der Waals surface area contributed by atoms with Crippen LogP contribution < -0.4 is 4.31 Å². The predicted octanol–water partition coefficient (Wildman–Crippen LogP) is 1.57. The van der Waals surface area contributed by atoms with E-state index in [4.69, 9.17) is 5.11 Å². The molecule has 0 spiro atoms. The molecule has 1 aromatic carbocycles. The minimum Gasteiger partial charge on any atom is -0.508 e. The van der Waals surface area contributed by atoms with Crippen LogP contribution in [0.1, 0.15) is 12.8 Å². The van der Waals surface area contributed by atoms with E-state index in [-0.39, 0.29) is 11.5 Å². The number of hydrogen-bond acceptors (Lipinski definition) is 3. The Morgan fingerprint density at radius 2 is 1.88 bits per heavy atom. The van der Waals surface area contributed by atoms with Crippen LogP contribution in [0, 0.1) is 5.92 Å². The number of nitrogens with zero attached hydrogens (tertiary/aromatic N) is 1. The van der Waals surface area contributed by atoms with Crippen molar-refractivity contribution in [3.63, 3.8) is 0 Å². The molecule has 16 heavy (non-hydrogen) atoms. The molecular weight excluding hydrogens is 226 g/mol. The smallest absolute Gasteiger partial charge is 0.235 e. The van der Waals surface area contributed by atoms with Gasteiger partial charge in [-0.25, -0.2) is 8.42 Å². The van der Waals surface area contributed by atoms with Gasteiger partial charge < -0.3 is 5.11 Å². The van der Waals surface area contributed by atoms with Crippen molar-refractivity contribution in [2.45, 2.75) is 12.8 Å². The molecule has 0 amide bonds. The first-order valence-corrected chi connectivity index (χ1v) is 6.85. The maximum atomic E-state index is 11.9. The van der Waals surface area contributed by atoms with Crippen LogP contribution in [-0.4, -0.2) is 26.3 Å². The van der Waals surface area contributed by atoms with E-state index in [0.717, 1.165) is 12.8 Å². The van der Waals surface area contributed by atoms with Gasteiger partial charge in [-0.15, -0.1) is 0 Å². The highest BCUT2D eigenvalue weighted by atomic mass is 32.2. The minimum absolute atomic E-state index is 0.136. The molecule has 2 rings (SSSR count). The summed E-state index contributed by atoms with van der Waals surface area (Å²) in [6, 6.07) is 6.16. The molecule has 0 aromatic heterocycles. The first kappa shape index (κ1) is 11.3. The fourth-order valence-corrected chi connectivity index (χ4v) is 3.11. The number of aromatic hydroxyl groups is 1. The molecule has 88 valence electrons. The van der Waals surface area contributed by atoms with E-state index >= 15 is 0 Å². The molecule has 0 aliphatic heterocycles. The number of phenolic OH excluding ortho intramolecular Hbond substituents is 1. The van der Waals surface area contributed by atoms with E-state index in [1.165, 1.54) is 16.4 Å². The van der Waals surface area contributed by atoms with Crippen LogP contribution in [0.3, 0.4) is 0 Å². The molecule has 4 nitrogen and oxygen atoms in total. The van der Waals surface area contributed by atoms with Crippen LogP contribution in [0.5, 0.6) is 5.75 Å². The highest BCUT2D eigenvalue weighted by Gasteiger charge is 2.30. The highest BCUT2D eigenvalue weighted by Crippen LogP contribution is 2.32. The molecule has 5 heteroatoms. The molecule has 0 saturated heterocycles. The van der Waals surface area contributed by atoms with Crippen LogP contribution in [0.4, 0.5) is 5.69 Å². The van der Waals surface area contributed by atoms with Crippen molar-refractivity contribution in [2.24, 2.45) is 5.92 Å². The molecule has 1 fully saturated rings. The number of rotatable bonds is 4. The summed E-state index contributed by atoms with van der Waals surface area (Å²) in [4.78, 5) is 0. The number of benzene rings is 1. The fraction of sp³-hybridized carbons (Fsp3) is 0.455. The standard InChI is InChI=1S/C11H15NO3S/c1-12(10-4-6-11(13)7-5-10)16(14,15)8-9-2-3-9/h4-7,9,13H,2-3,8H2,1H3. The van der Waals surface area contributed by atoms with Crippen molar-refractivity contribution in [3.8, 4) is 5.75 Å². The highest BCUT2D eigenvalue weighted by molar-refractivity contribution is 7.92. The first-order valence-electron chi connectivity index (χ1n) is 5.25. The first-order chi connectivity index (χ1) is 7.49. The number of anilines is 1. The van der Waals surface area contributed by atoms with Crippen molar-refractivity contribution >= 4 is 15.7 Å². The summed E-state index contributed by atoms with van der Waals surface area (Å²) in [5, 5.41) is 9.13. The van der Waals surface area contributed by atoms with Crippen molar-refractivity contribution in [3.05, 3.63) is 24.3 Å². The summed E-state index contributed by atoms with van der Waals surface area (Å²) in [6.07, 6.45) is 2.03. The Bertz CT molecular complexity index is 463. The van der Waals surface area contributed by atoms with Crippen LogP contribution in [0.25, 0.3) is 0 Å². The normalized spacial score (nSPS) is 16.1. The van der Waals surface area contributed by atoms with Crippen molar-refractivity contribution < 1.29 is 13.5 Å². The lowest BCUT2D eigenvalue weighted by molar-refractivity contribution is 0.475. The maximum absolute atomic E-state index is 11.9. The molecule has 0 atom stereocenters. The number of sulfonamides is 1. The van der Waals surface area contributed by atoms with Gasteiger partial charge in [0.1, 0.15) is 5.75 Å². The molecule has 0 radical (unpaired) electrons. The van der Waals surface area contributed by atoms with Gasteiger partial charge in [0, 0.05) is 7.05 Å². The quantitative estimate of drug-likeness (QED) is 0.870. The van der Waals surface area contributed by atoms with E-state index in [2.05, 4.69) is 0 Å². The molecule has 0 heterocycles. The summed E-state index contributed by atoms with van der Waals surface area (Å²) in [7, 11) is -1.67. The van der Waals surface area contributed by atoms with Gasteiger partial charge in [0.2, 0.25) is 10.0 Å². The average Bonchev–Trinajstić information content (AvgIpc) is 3.01. The van der Waals surface area contributed by atoms with Gasteiger partial charge in [0.25, 0.3) is 0 Å². The van der Waals surface area contributed by atoms with Crippen LogP contribution in [-0.2, 0) is 10.0 Å². The zero-order valence-corrected chi connectivity index (χ0v) is 9.94. The largest absolute Gasteiger partial charge is 0.508 e. The van der Waals surface area contributed by atoms with Gasteiger partial charge in [0.15, 0.2) is 0 Å². The lowest BCUT2D eigenvalue weighted by Crippen LogP contribution is -2.29. The average molecular weight is 241 g/mol. The molecule has 1 aromatic rings. The Morgan fingerprint density at radius 1 is 1.31 bits per heavy atom. The second-order valence-corrected chi connectivity index (χ2v) is 6.25. The summed E-state index contributed by atoms with van der Waals surface area (Å²) in [5.41, 5.74) is 0.582. The van der Waals surface area contributed by atoms with Crippen molar-refractivity contribution in [1.82, 2.24) is 0 Å². The summed E-state index contributed by atoms with van der Waals surface area (Å²) in [5.74, 6) is 0.700. The Hall–Kier alpha value is -1.23. The van der Waals surface area contributed by atoms with Crippen LogP contribution in [0.2, 0.25) is 0 Å². The van der Waals surface area contributed by atoms with E-state index in [0.29, 0.717) is 11.6 Å². The zero-order valence-electron chi connectivity index (χ0n) is 9.13. The van der Waals surface area contributed by atoms with Gasteiger partial charge in [-0.2, -0.15) is 0 Å². The second kappa shape index (κ2) is 3.97. The Labute approximate surface area is 95.6 Å². The molecule has 1 aliphatic carbocycles. The summed E-state index contributed by atoms with van der Waals surface area (Å²) in [6.45, 7) is 0. The Balaban J connectivity index is 2.16. The fourth-order valence-electron chi connectivity index (χ4n) is 1.52. The minimum atomic E-state index is -3.21. The third-order valence-electron chi connectivity index (χ3n) is 2.77. The monoisotopic (exact) mass is 241 g/mol. The Kier molecular flexibility index (Phi) is 2.80. The molecule has 0 unspecified atom stereocenters. The van der Waals surface area contributed by atoms with Gasteiger partial charge in [-0.3, -0.25) is 4.31 Å². The van der Waals surface area contributed by atoms with Gasteiger partial charge in [-0.05, 0) is 43.0 Å². The Morgan fingerprint density at radius 3 is 2.38 bits per heavy atom. The van der Waals surface area contributed by atoms with Gasteiger partial charge in [0.05, 0.1) is 11.4 Å². The van der Waals surface area contributed by atoms with Crippen molar-refractivity contribution in [1.29, 1.82) is 0 Å². The van der Waals surface area contributed by atoms with Crippen LogP contribution in [0.15, 0.2) is 24.3 Å². The topological polar surface area (TPSA) is 57.6 Å². The van der Waals surface area contributed by atoms with E-state index in [1.54, 1.807) is 19.2 Å².